The van der Waals surface area contributed by atoms with Crippen molar-refractivity contribution in [3.8, 4) is 0 Å². The zero-order valence-corrected chi connectivity index (χ0v) is 12.5. The van der Waals surface area contributed by atoms with E-state index >= 15 is 0 Å². The Kier molecular flexibility index (Phi) is 4.03. The second-order valence-electron chi connectivity index (χ2n) is 4.38. The van der Waals surface area contributed by atoms with Crippen LogP contribution in [0.25, 0.3) is 0 Å². The summed E-state index contributed by atoms with van der Waals surface area (Å²) in [6, 6.07) is 4.53. The molecule has 0 bridgehead atoms. The van der Waals surface area contributed by atoms with E-state index in [4.69, 9.17) is 21.9 Å². The van der Waals surface area contributed by atoms with Gasteiger partial charge in [0.15, 0.2) is 5.76 Å². The summed E-state index contributed by atoms with van der Waals surface area (Å²) in [4.78, 5) is 0.0544. The Balaban J connectivity index is 2.27. The molecule has 3 N–H and O–H groups in total. The monoisotopic (exact) mass is 315 g/mol. The highest BCUT2D eigenvalue weighted by atomic mass is 35.5. The first kappa shape index (κ1) is 14.8. The van der Waals surface area contributed by atoms with Gasteiger partial charge in [-0.15, -0.1) is 0 Å². The van der Waals surface area contributed by atoms with Crippen LogP contribution in [-0.2, 0) is 16.6 Å². The number of nitrogens with one attached hydrogen (secondary N) is 1. The summed E-state index contributed by atoms with van der Waals surface area (Å²) in [7, 11) is -3.73. The van der Waals surface area contributed by atoms with Gasteiger partial charge in [0.1, 0.15) is 0 Å². The molecule has 0 radical (unpaired) electrons. The van der Waals surface area contributed by atoms with Crippen molar-refractivity contribution < 1.29 is 12.9 Å². The van der Waals surface area contributed by atoms with Gasteiger partial charge in [-0.3, -0.25) is 0 Å². The zero-order chi connectivity index (χ0) is 14.9. The Morgan fingerprint density at radius 3 is 2.65 bits per heavy atom. The van der Waals surface area contributed by atoms with Crippen LogP contribution in [-0.4, -0.2) is 13.6 Å². The Hall–Kier alpha value is -1.57. The maximum atomic E-state index is 12.3. The summed E-state index contributed by atoms with van der Waals surface area (Å²) in [5, 5.41) is 3.95. The SMILES string of the molecule is Cc1cc(CNS(=O)(=O)c2cc(Cl)cc(N)c2C)on1. The fraction of sp³-hybridized carbons (Fsp3) is 0.250. The maximum Gasteiger partial charge on any atom is 0.241 e. The largest absolute Gasteiger partial charge is 0.398 e. The number of benzene rings is 1. The third-order valence-electron chi connectivity index (χ3n) is 2.77. The first-order valence-corrected chi connectivity index (χ1v) is 7.63. The molecular formula is C12H14ClN3O3S. The zero-order valence-electron chi connectivity index (χ0n) is 11.0. The summed E-state index contributed by atoms with van der Waals surface area (Å²) < 4.78 is 31.9. The number of nitrogens with two attached hydrogens (primary N) is 1. The molecule has 0 aliphatic heterocycles. The van der Waals surface area contributed by atoms with Crippen LogP contribution in [0.4, 0.5) is 5.69 Å². The highest BCUT2D eigenvalue weighted by Gasteiger charge is 2.19. The highest BCUT2D eigenvalue weighted by Crippen LogP contribution is 2.26. The number of nitrogen functional groups attached to an aromatic ring is 1. The molecule has 20 heavy (non-hydrogen) atoms. The smallest absolute Gasteiger partial charge is 0.241 e. The third-order valence-corrected chi connectivity index (χ3v) is 4.51. The van der Waals surface area contributed by atoms with Crippen molar-refractivity contribution in [1.82, 2.24) is 9.88 Å². The molecule has 1 aromatic carbocycles. The molecular weight excluding hydrogens is 302 g/mol. The predicted molar refractivity (Wildman–Crippen MR) is 75.9 cm³/mol. The van der Waals surface area contributed by atoms with Gasteiger partial charge >= 0.3 is 0 Å². The van der Waals surface area contributed by atoms with Crippen molar-refractivity contribution in [3.05, 3.63) is 40.2 Å². The topological polar surface area (TPSA) is 98.2 Å². The number of anilines is 1. The van der Waals surface area contributed by atoms with Gasteiger partial charge in [-0.25, -0.2) is 13.1 Å². The van der Waals surface area contributed by atoms with Gasteiger partial charge in [-0.1, -0.05) is 16.8 Å². The van der Waals surface area contributed by atoms with Gasteiger partial charge in [0.05, 0.1) is 17.1 Å². The number of aryl methyl sites for hydroxylation is 1. The molecule has 108 valence electrons. The van der Waals surface area contributed by atoms with Crippen molar-refractivity contribution in [1.29, 1.82) is 0 Å². The lowest BCUT2D eigenvalue weighted by atomic mass is 10.2. The number of nitrogens with zero attached hydrogens (tertiary/aromatic N) is 1. The van der Waals surface area contributed by atoms with Crippen molar-refractivity contribution >= 4 is 27.3 Å². The molecule has 0 unspecified atom stereocenters. The van der Waals surface area contributed by atoms with Crippen LogP contribution in [0, 0.1) is 13.8 Å². The average molecular weight is 316 g/mol. The minimum absolute atomic E-state index is 0.00896. The van der Waals surface area contributed by atoms with Crippen LogP contribution in [0.15, 0.2) is 27.6 Å². The van der Waals surface area contributed by atoms with E-state index < -0.39 is 10.0 Å². The molecule has 0 amide bonds. The molecule has 2 aromatic rings. The number of hydrogen-bond donors (Lipinski definition) is 2. The van der Waals surface area contributed by atoms with Crippen LogP contribution in [0.5, 0.6) is 0 Å². The van der Waals surface area contributed by atoms with Crippen LogP contribution >= 0.6 is 11.6 Å². The lowest BCUT2D eigenvalue weighted by Gasteiger charge is -2.10. The molecule has 0 aliphatic carbocycles. The lowest BCUT2D eigenvalue weighted by molar-refractivity contribution is 0.377. The number of hydrogen-bond acceptors (Lipinski definition) is 5. The molecule has 0 saturated heterocycles. The van der Waals surface area contributed by atoms with E-state index in [1.165, 1.54) is 12.1 Å². The minimum Gasteiger partial charge on any atom is -0.398 e. The van der Waals surface area contributed by atoms with Gasteiger partial charge < -0.3 is 10.3 Å². The molecule has 0 atom stereocenters. The molecule has 2 rings (SSSR count). The van der Waals surface area contributed by atoms with Crippen molar-refractivity contribution in [2.24, 2.45) is 0 Å². The molecule has 8 heteroatoms. The highest BCUT2D eigenvalue weighted by molar-refractivity contribution is 7.89. The molecule has 1 heterocycles. The molecule has 0 fully saturated rings. The van der Waals surface area contributed by atoms with E-state index in [0.717, 1.165) is 0 Å². The fourth-order valence-corrected chi connectivity index (χ4v) is 3.28. The first-order chi connectivity index (χ1) is 9.29. The van der Waals surface area contributed by atoms with Gasteiger partial charge in [0.2, 0.25) is 10.0 Å². The Labute approximate surface area is 122 Å². The normalized spacial score (nSPS) is 11.8. The summed E-state index contributed by atoms with van der Waals surface area (Å²) in [6.07, 6.45) is 0. The van der Waals surface area contributed by atoms with Crippen molar-refractivity contribution in [2.75, 3.05) is 5.73 Å². The van der Waals surface area contributed by atoms with Crippen LogP contribution in [0.2, 0.25) is 5.02 Å². The van der Waals surface area contributed by atoms with E-state index in [2.05, 4.69) is 9.88 Å². The van der Waals surface area contributed by atoms with Crippen molar-refractivity contribution in [2.45, 2.75) is 25.3 Å². The lowest BCUT2D eigenvalue weighted by Crippen LogP contribution is -2.24. The number of aromatic nitrogens is 1. The van der Waals surface area contributed by atoms with Crippen LogP contribution < -0.4 is 10.5 Å². The quantitative estimate of drug-likeness (QED) is 0.841. The number of rotatable bonds is 4. The average Bonchev–Trinajstić information content (AvgIpc) is 2.77. The molecule has 0 spiro atoms. The standard InChI is InChI=1S/C12H14ClN3O3S/c1-7-3-10(19-16-7)6-15-20(17,18)12-5-9(13)4-11(14)8(12)2/h3-5,15H,6,14H2,1-2H3. The van der Waals surface area contributed by atoms with Gasteiger partial charge in [0, 0.05) is 16.8 Å². The van der Waals surface area contributed by atoms with Gasteiger partial charge in [-0.2, -0.15) is 0 Å². The molecule has 0 saturated carbocycles. The molecule has 6 nitrogen and oxygen atoms in total. The first-order valence-electron chi connectivity index (χ1n) is 5.77. The third kappa shape index (κ3) is 3.12. The second kappa shape index (κ2) is 5.43. The maximum absolute atomic E-state index is 12.3. The summed E-state index contributed by atoms with van der Waals surface area (Å²) in [5.41, 5.74) is 7.19. The predicted octanol–water partition coefficient (Wildman–Crippen LogP) is 2.01. The fourth-order valence-electron chi connectivity index (χ4n) is 1.70. The second-order valence-corrected chi connectivity index (χ2v) is 6.55. The number of sulfonamides is 1. The van der Waals surface area contributed by atoms with Gasteiger partial charge in [-0.05, 0) is 31.5 Å². The van der Waals surface area contributed by atoms with E-state index in [9.17, 15) is 8.42 Å². The Morgan fingerprint density at radius 1 is 1.35 bits per heavy atom. The van der Waals surface area contributed by atoms with E-state index in [1.54, 1.807) is 19.9 Å². The molecule has 1 aromatic heterocycles. The van der Waals surface area contributed by atoms with Crippen molar-refractivity contribution in [3.63, 3.8) is 0 Å². The summed E-state index contributed by atoms with van der Waals surface area (Å²) in [6.45, 7) is 3.39. The Bertz CT molecular complexity index is 740. The Morgan fingerprint density at radius 2 is 2.05 bits per heavy atom. The van der Waals surface area contributed by atoms with E-state index in [-0.39, 0.29) is 16.5 Å². The van der Waals surface area contributed by atoms with E-state index in [1.807, 2.05) is 0 Å². The molecule has 0 aliphatic rings. The number of halogens is 1. The minimum atomic E-state index is -3.73. The van der Waals surface area contributed by atoms with Crippen LogP contribution in [0.3, 0.4) is 0 Å². The summed E-state index contributed by atoms with van der Waals surface area (Å²) >= 11 is 5.85. The van der Waals surface area contributed by atoms with E-state index in [0.29, 0.717) is 22.7 Å². The van der Waals surface area contributed by atoms with Gasteiger partial charge in [0.25, 0.3) is 0 Å². The van der Waals surface area contributed by atoms with Crippen LogP contribution in [0.1, 0.15) is 17.0 Å². The summed E-state index contributed by atoms with van der Waals surface area (Å²) in [5.74, 6) is 0.429.